The van der Waals surface area contributed by atoms with Gasteiger partial charge in [-0.1, -0.05) is 13.3 Å². The lowest BCUT2D eigenvalue weighted by molar-refractivity contribution is 0.0289. The van der Waals surface area contributed by atoms with Crippen molar-refractivity contribution >= 4 is 39.0 Å². The highest BCUT2D eigenvalue weighted by atomic mass is 79.9. The summed E-state index contributed by atoms with van der Waals surface area (Å²) >= 11 is 3.59. The lowest BCUT2D eigenvalue weighted by atomic mass is 10.0. The molecule has 178 valence electrons. The number of halogens is 1. The van der Waals surface area contributed by atoms with Gasteiger partial charge in [-0.05, 0) is 80.4 Å². The number of carbonyl (C=O) groups excluding carboxylic acids is 1. The summed E-state index contributed by atoms with van der Waals surface area (Å²) in [6.45, 7) is 13.1. The van der Waals surface area contributed by atoms with Gasteiger partial charge in [0, 0.05) is 30.7 Å². The second-order valence-corrected chi connectivity index (χ2v) is 11.2. The van der Waals surface area contributed by atoms with Crippen LogP contribution in [0.2, 0.25) is 0 Å². The fraction of sp³-hybridized carbons (Fsp3) is 0.640. The number of hydrogen-bond donors (Lipinski definition) is 0. The van der Waals surface area contributed by atoms with Crippen LogP contribution in [0.3, 0.4) is 0 Å². The topological polar surface area (TPSA) is 74.4 Å². The molecule has 3 heterocycles. The number of imidazole rings is 1. The Kier molecular flexibility index (Phi) is 6.63. The molecule has 0 bridgehead atoms. The summed E-state index contributed by atoms with van der Waals surface area (Å²) in [6.07, 6.45) is 4.14. The van der Waals surface area contributed by atoms with E-state index < -0.39 is 5.60 Å². The molecule has 2 unspecified atom stereocenters. The molecule has 2 atom stereocenters. The number of amides is 1. The number of ether oxygens (including phenoxy) is 1. The highest BCUT2D eigenvalue weighted by Crippen LogP contribution is 2.38. The maximum absolute atomic E-state index is 12.7. The lowest BCUT2D eigenvalue weighted by Crippen LogP contribution is -2.35. The summed E-state index contributed by atoms with van der Waals surface area (Å²) in [7, 11) is 0. The first-order chi connectivity index (χ1) is 15.6. The second kappa shape index (κ2) is 9.17. The highest BCUT2D eigenvalue weighted by Gasteiger charge is 2.35. The predicted molar refractivity (Wildman–Crippen MR) is 134 cm³/mol. The molecule has 0 radical (unpaired) electrons. The first kappa shape index (κ1) is 23.9. The minimum absolute atomic E-state index is 0.0925. The molecule has 0 N–H and O–H groups in total. The molecule has 2 aliphatic rings. The molecular weight excluding hydrogens is 482 g/mol. The smallest absolute Gasteiger partial charge is 0.410 e. The zero-order valence-electron chi connectivity index (χ0n) is 20.3. The fourth-order valence-electron chi connectivity index (χ4n) is 5.11. The lowest BCUT2D eigenvalue weighted by Gasteiger charge is -2.26. The molecule has 1 amide bonds. The molecule has 0 aliphatic carbocycles. The Morgan fingerprint density at radius 1 is 1.30 bits per heavy atom. The number of likely N-dealkylation sites (tertiary alicyclic amines) is 1. The third-order valence-electron chi connectivity index (χ3n) is 6.64. The van der Waals surface area contributed by atoms with Crippen LogP contribution in [0.25, 0.3) is 11.0 Å². The number of hydrogen-bond acceptors (Lipinski definition) is 5. The van der Waals surface area contributed by atoms with E-state index in [1.165, 1.54) is 19.3 Å². The number of aromatic nitrogens is 2. The van der Waals surface area contributed by atoms with E-state index in [9.17, 15) is 10.1 Å². The van der Waals surface area contributed by atoms with Gasteiger partial charge in [0.25, 0.3) is 0 Å². The molecule has 0 spiro atoms. The quantitative estimate of drug-likeness (QED) is 0.515. The van der Waals surface area contributed by atoms with Gasteiger partial charge in [-0.2, -0.15) is 5.26 Å². The molecule has 2 saturated heterocycles. The normalized spacial score (nSPS) is 21.1. The van der Waals surface area contributed by atoms with Crippen molar-refractivity contribution in [1.29, 1.82) is 5.26 Å². The van der Waals surface area contributed by atoms with Crippen LogP contribution in [0.15, 0.2) is 10.5 Å². The zero-order valence-corrected chi connectivity index (χ0v) is 21.9. The van der Waals surface area contributed by atoms with Crippen LogP contribution < -0.4 is 4.90 Å². The summed E-state index contributed by atoms with van der Waals surface area (Å²) in [5.74, 6) is 1.60. The van der Waals surface area contributed by atoms with Crippen molar-refractivity contribution < 1.29 is 9.53 Å². The third-order valence-corrected chi connectivity index (χ3v) is 7.66. The van der Waals surface area contributed by atoms with Gasteiger partial charge in [0.15, 0.2) is 0 Å². The number of rotatable bonds is 4. The van der Waals surface area contributed by atoms with Crippen LogP contribution in [0.5, 0.6) is 0 Å². The van der Waals surface area contributed by atoms with E-state index in [-0.39, 0.29) is 12.1 Å². The number of benzene rings is 1. The number of anilines is 1. The maximum Gasteiger partial charge on any atom is 0.410 e. The predicted octanol–water partition coefficient (Wildman–Crippen LogP) is 5.79. The first-order valence-electron chi connectivity index (χ1n) is 12.0. The van der Waals surface area contributed by atoms with E-state index in [0.29, 0.717) is 24.6 Å². The standard InChI is InChI=1S/C25H34BrN5O2/c1-6-7-17-8-10-29(14-17)23-28-22-19(13-27)21(26)16(2)12-20(22)31(23)18-9-11-30(15-18)24(32)33-25(3,4)5/h12,17-18H,6-11,14-15H2,1-5H3. The van der Waals surface area contributed by atoms with E-state index in [1.54, 1.807) is 4.90 Å². The molecule has 0 saturated carbocycles. The number of nitriles is 1. The second-order valence-electron chi connectivity index (χ2n) is 10.4. The van der Waals surface area contributed by atoms with Crippen LogP contribution in [0.4, 0.5) is 10.7 Å². The maximum atomic E-state index is 12.7. The Morgan fingerprint density at radius 2 is 2.06 bits per heavy atom. The van der Waals surface area contributed by atoms with Gasteiger partial charge in [0.1, 0.15) is 17.2 Å². The Morgan fingerprint density at radius 3 is 2.73 bits per heavy atom. The SMILES string of the molecule is CCCC1CCN(c2nc3c(C#N)c(Br)c(C)cc3n2C2CCN(C(=O)OC(C)(C)C)C2)C1. The van der Waals surface area contributed by atoms with Crippen molar-refractivity contribution in [2.45, 2.75) is 71.9 Å². The first-order valence-corrected chi connectivity index (χ1v) is 12.8. The number of fused-ring (bicyclic) bond motifs is 1. The summed E-state index contributed by atoms with van der Waals surface area (Å²) in [5, 5.41) is 9.89. The molecule has 2 aliphatic heterocycles. The van der Waals surface area contributed by atoms with Gasteiger partial charge in [-0.15, -0.1) is 0 Å². The number of nitrogens with zero attached hydrogens (tertiary/aromatic N) is 5. The minimum Gasteiger partial charge on any atom is -0.444 e. The Balaban J connectivity index is 1.74. The van der Waals surface area contributed by atoms with Crippen molar-refractivity contribution in [2.75, 3.05) is 31.1 Å². The van der Waals surface area contributed by atoms with Crippen LogP contribution in [-0.4, -0.2) is 52.3 Å². The third kappa shape index (κ3) is 4.70. The van der Waals surface area contributed by atoms with E-state index in [4.69, 9.17) is 9.72 Å². The molecule has 1 aromatic carbocycles. The monoisotopic (exact) mass is 515 g/mol. The van der Waals surface area contributed by atoms with Crippen molar-refractivity contribution in [3.63, 3.8) is 0 Å². The van der Waals surface area contributed by atoms with Gasteiger partial charge in [0.2, 0.25) is 5.95 Å². The molecular formula is C25H34BrN5O2. The molecule has 7 nitrogen and oxygen atoms in total. The summed E-state index contributed by atoms with van der Waals surface area (Å²) in [5.41, 5.74) is 2.78. The van der Waals surface area contributed by atoms with E-state index >= 15 is 0 Å². The minimum atomic E-state index is -0.517. The van der Waals surface area contributed by atoms with Gasteiger partial charge < -0.3 is 19.1 Å². The summed E-state index contributed by atoms with van der Waals surface area (Å²) in [6, 6.07) is 4.57. The Hall–Kier alpha value is -2.27. The fourth-order valence-corrected chi connectivity index (χ4v) is 5.50. The molecule has 4 rings (SSSR count). The molecule has 33 heavy (non-hydrogen) atoms. The summed E-state index contributed by atoms with van der Waals surface area (Å²) < 4.78 is 8.71. The van der Waals surface area contributed by atoms with Crippen molar-refractivity contribution in [3.8, 4) is 6.07 Å². The Bertz CT molecular complexity index is 1100. The van der Waals surface area contributed by atoms with Gasteiger partial charge in [-0.3, -0.25) is 0 Å². The van der Waals surface area contributed by atoms with E-state index in [2.05, 4.69) is 44.5 Å². The Labute approximate surface area is 204 Å². The molecule has 8 heteroatoms. The van der Waals surface area contributed by atoms with E-state index in [1.807, 2.05) is 27.7 Å². The van der Waals surface area contributed by atoms with Crippen molar-refractivity contribution in [3.05, 3.63) is 21.7 Å². The van der Waals surface area contributed by atoms with Crippen LogP contribution in [0, 0.1) is 24.2 Å². The van der Waals surface area contributed by atoms with Gasteiger partial charge >= 0.3 is 6.09 Å². The number of carbonyl (C=O) groups is 1. The zero-order chi connectivity index (χ0) is 23.9. The van der Waals surface area contributed by atoms with Crippen LogP contribution in [-0.2, 0) is 4.74 Å². The van der Waals surface area contributed by atoms with E-state index in [0.717, 1.165) is 46.5 Å². The molecule has 1 aromatic heterocycles. The molecule has 2 aromatic rings. The largest absolute Gasteiger partial charge is 0.444 e. The van der Waals surface area contributed by atoms with Crippen LogP contribution >= 0.6 is 15.9 Å². The van der Waals surface area contributed by atoms with Gasteiger partial charge in [0.05, 0.1) is 17.1 Å². The van der Waals surface area contributed by atoms with Crippen molar-refractivity contribution in [1.82, 2.24) is 14.5 Å². The molecule has 2 fully saturated rings. The number of aryl methyl sites for hydroxylation is 1. The average Bonchev–Trinajstić information content (AvgIpc) is 3.46. The summed E-state index contributed by atoms with van der Waals surface area (Å²) in [4.78, 5) is 21.9. The van der Waals surface area contributed by atoms with Crippen LogP contribution in [0.1, 0.15) is 70.5 Å². The highest BCUT2D eigenvalue weighted by molar-refractivity contribution is 9.10. The van der Waals surface area contributed by atoms with Crippen molar-refractivity contribution in [2.24, 2.45) is 5.92 Å². The average molecular weight is 516 g/mol. The van der Waals surface area contributed by atoms with Gasteiger partial charge in [-0.25, -0.2) is 9.78 Å².